The number of amides is 1. The highest BCUT2D eigenvalue weighted by molar-refractivity contribution is 5.93. The predicted molar refractivity (Wildman–Crippen MR) is 113 cm³/mol. The summed E-state index contributed by atoms with van der Waals surface area (Å²) in [6.45, 7) is 3.94. The van der Waals surface area contributed by atoms with Crippen LogP contribution >= 0.6 is 0 Å². The molecule has 3 saturated heterocycles. The fourth-order valence-corrected chi connectivity index (χ4v) is 5.55. The number of likely N-dealkylation sites (tertiary alicyclic amines) is 1. The summed E-state index contributed by atoms with van der Waals surface area (Å²) in [5.41, 5.74) is 0.00660. The number of hydrogen-bond donors (Lipinski definition) is 1. The molecule has 2 atom stereocenters. The van der Waals surface area contributed by atoms with Crippen LogP contribution in [0.15, 0.2) is 35.3 Å². The summed E-state index contributed by atoms with van der Waals surface area (Å²) in [5.74, 6) is 2.06. The third kappa shape index (κ3) is 3.75. The van der Waals surface area contributed by atoms with Gasteiger partial charge in [-0.05, 0) is 44.2 Å². The Bertz CT molecular complexity index is 751. The van der Waals surface area contributed by atoms with Crippen LogP contribution in [0, 0.1) is 0 Å². The molecular formula is C23H32N4O2. The molecule has 4 aliphatic rings. The van der Waals surface area contributed by atoms with Crippen molar-refractivity contribution in [3.63, 3.8) is 0 Å². The maximum Gasteiger partial charge on any atom is 0.260 e. The number of hydrogen-bond acceptors (Lipinski definition) is 4. The van der Waals surface area contributed by atoms with Gasteiger partial charge in [0.15, 0.2) is 6.61 Å². The summed E-state index contributed by atoms with van der Waals surface area (Å²) in [6, 6.07) is 10.6. The Morgan fingerprint density at radius 2 is 1.86 bits per heavy atom. The molecule has 1 aromatic carbocycles. The van der Waals surface area contributed by atoms with Crippen molar-refractivity contribution in [2.24, 2.45) is 4.99 Å². The Balaban J connectivity index is 1.25. The van der Waals surface area contributed by atoms with Crippen molar-refractivity contribution in [1.29, 1.82) is 0 Å². The quantitative estimate of drug-likeness (QED) is 0.849. The molecule has 5 rings (SSSR count). The molecule has 1 amide bonds. The number of carbonyl (C=O) groups is 1. The molecule has 1 spiro atoms. The van der Waals surface area contributed by atoms with Crippen molar-refractivity contribution < 1.29 is 9.53 Å². The van der Waals surface area contributed by atoms with E-state index in [9.17, 15) is 4.79 Å². The minimum Gasteiger partial charge on any atom is -0.484 e. The number of para-hydroxylation sites is 1. The molecule has 0 radical (unpaired) electrons. The number of nitrogens with one attached hydrogen (secondary N) is 1. The van der Waals surface area contributed by atoms with Gasteiger partial charge >= 0.3 is 0 Å². The molecule has 2 bridgehead atoms. The summed E-state index contributed by atoms with van der Waals surface area (Å²) in [7, 11) is 0. The first-order valence-corrected chi connectivity index (χ1v) is 11.3. The number of nitrogens with zero attached hydrogens (tertiary/aromatic N) is 3. The average molecular weight is 397 g/mol. The molecule has 0 aromatic heterocycles. The van der Waals surface area contributed by atoms with Gasteiger partial charge in [0.05, 0.1) is 11.6 Å². The van der Waals surface area contributed by atoms with E-state index in [1.165, 1.54) is 37.9 Å². The third-order valence-electron chi connectivity index (χ3n) is 7.26. The number of amidine groups is 1. The van der Waals surface area contributed by atoms with Gasteiger partial charge in [0.1, 0.15) is 11.6 Å². The summed E-state index contributed by atoms with van der Waals surface area (Å²) in [5, 5.41) is 3.80. The largest absolute Gasteiger partial charge is 0.484 e. The van der Waals surface area contributed by atoms with E-state index in [0.29, 0.717) is 12.1 Å². The van der Waals surface area contributed by atoms with Crippen LogP contribution in [0.25, 0.3) is 0 Å². The lowest BCUT2D eigenvalue weighted by Gasteiger charge is -2.50. The third-order valence-corrected chi connectivity index (χ3v) is 7.26. The van der Waals surface area contributed by atoms with Crippen molar-refractivity contribution in [3.8, 4) is 5.75 Å². The number of carbonyl (C=O) groups excluding carboxylic acids is 1. The van der Waals surface area contributed by atoms with Crippen LogP contribution in [0.3, 0.4) is 0 Å². The molecule has 156 valence electrons. The minimum absolute atomic E-state index is 0.00660. The van der Waals surface area contributed by atoms with Gasteiger partial charge < -0.3 is 15.0 Å². The van der Waals surface area contributed by atoms with Crippen LogP contribution in [0.2, 0.25) is 0 Å². The van der Waals surface area contributed by atoms with Gasteiger partial charge in [-0.25, -0.2) is 0 Å². The number of piperazine rings is 1. The Morgan fingerprint density at radius 3 is 2.62 bits per heavy atom. The lowest BCUT2D eigenvalue weighted by molar-refractivity contribution is -0.135. The van der Waals surface area contributed by atoms with Crippen LogP contribution in [-0.4, -0.2) is 72.0 Å². The van der Waals surface area contributed by atoms with Gasteiger partial charge in [-0.1, -0.05) is 31.0 Å². The molecule has 6 nitrogen and oxygen atoms in total. The predicted octanol–water partition coefficient (Wildman–Crippen LogP) is 2.45. The lowest BCUT2D eigenvalue weighted by atomic mass is 9.82. The average Bonchev–Trinajstić information content (AvgIpc) is 3.42. The first-order chi connectivity index (χ1) is 14.2. The maximum atomic E-state index is 12.7. The second-order valence-electron chi connectivity index (χ2n) is 9.01. The van der Waals surface area contributed by atoms with E-state index in [0.717, 1.165) is 44.8 Å². The Kier molecular flexibility index (Phi) is 5.20. The number of aliphatic imine (C=N–C) groups is 1. The zero-order valence-electron chi connectivity index (χ0n) is 17.2. The normalized spacial score (nSPS) is 29.9. The smallest absolute Gasteiger partial charge is 0.260 e. The van der Waals surface area contributed by atoms with E-state index in [1.54, 1.807) is 0 Å². The minimum atomic E-state index is 0.00660. The van der Waals surface area contributed by atoms with Crippen molar-refractivity contribution in [2.75, 3.05) is 32.8 Å². The highest BCUT2D eigenvalue weighted by atomic mass is 16.5. The van der Waals surface area contributed by atoms with Crippen LogP contribution in [0.4, 0.5) is 0 Å². The first kappa shape index (κ1) is 18.9. The van der Waals surface area contributed by atoms with Gasteiger partial charge in [-0.2, -0.15) is 0 Å². The second-order valence-corrected chi connectivity index (χ2v) is 9.01. The van der Waals surface area contributed by atoms with Crippen LogP contribution in [0.5, 0.6) is 5.75 Å². The van der Waals surface area contributed by atoms with Crippen molar-refractivity contribution in [3.05, 3.63) is 30.3 Å². The Labute approximate surface area is 173 Å². The molecule has 1 aromatic rings. The monoisotopic (exact) mass is 396 g/mol. The molecule has 29 heavy (non-hydrogen) atoms. The Morgan fingerprint density at radius 1 is 1.10 bits per heavy atom. The highest BCUT2D eigenvalue weighted by Gasteiger charge is 2.51. The van der Waals surface area contributed by atoms with E-state index >= 15 is 0 Å². The molecule has 1 saturated carbocycles. The summed E-state index contributed by atoms with van der Waals surface area (Å²) < 4.78 is 5.68. The van der Waals surface area contributed by atoms with Gasteiger partial charge in [-0.15, -0.1) is 0 Å². The first-order valence-electron chi connectivity index (χ1n) is 11.3. The van der Waals surface area contributed by atoms with Crippen LogP contribution in [0.1, 0.15) is 44.9 Å². The molecule has 4 fully saturated rings. The van der Waals surface area contributed by atoms with E-state index < -0.39 is 0 Å². The van der Waals surface area contributed by atoms with Gasteiger partial charge in [0.2, 0.25) is 0 Å². The van der Waals surface area contributed by atoms with Crippen molar-refractivity contribution >= 4 is 11.7 Å². The number of fused-ring (bicyclic) bond motifs is 3. The van der Waals surface area contributed by atoms with Crippen molar-refractivity contribution in [1.82, 2.24) is 15.1 Å². The standard InChI is InChI=1S/C23H32N4O2/c28-21(17-29-20-8-2-1-3-9-20)26-14-11-23(12-15-26)22(24-18-6-4-5-7-18)25-19-10-13-27(23)16-19/h1-3,8-9,18-19H,4-7,10-17H2,(H,24,25). The lowest BCUT2D eigenvalue weighted by Crippen LogP contribution is -2.67. The number of rotatable bonds is 4. The van der Waals surface area contributed by atoms with Crippen LogP contribution in [-0.2, 0) is 4.79 Å². The summed E-state index contributed by atoms with van der Waals surface area (Å²) in [6.07, 6.45) is 8.22. The van der Waals surface area contributed by atoms with E-state index in [-0.39, 0.29) is 18.1 Å². The highest BCUT2D eigenvalue weighted by Crippen LogP contribution is 2.37. The number of ether oxygens (including phenoxy) is 1. The van der Waals surface area contributed by atoms with Crippen molar-refractivity contribution in [2.45, 2.75) is 62.6 Å². The van der Waals surface area contributed by atoms with Gasteiger partial charge in [-0.3, -0.25) is 14.7 Å². The summed E-state index contributed by atoms with van der Waals surface area (Å²) >= 11 is 0. The van der Waals surface area contributed by atoms with E-state index in [1.807, 2.05) is 35.2 Å². The molecule has 3 heterocycles. The fraction of sp³-hybridized carbons (Fsp3) is 0.652. The molecule has 3 aliphatic heterocycles. The maximum absolute atomic E-state index is 12.7. The van der Waals surface area contributed by atoms with Gasteiger partial charge in [0, 0.05) is 32.2 Å². The molecule has 2 unspecified atom stereocenters. The van der Waals surface area contributed by atoms with E-state index in [2.05, 4.69) is 10.2 Å². The fourth-order valence-electron chi connectivity index (χ4n) is 5.55. The van der Waals surface area contributed by atoms with Crippen LogP contribution < -0.4 is 10.1 Å². The molecule has 1 aliphatic carbocycles. The number of piperidine rings is 1. The van der Waals surface area contributed by atoms with E-state index in [4.69, 9.17) is 9.73 Å². The molecule has 1 N–H and O–H groups in total. The second kappa shape index (κ2) is 7.98. The molecular weight excluding hydrogens is 364 g/mol. The summed E-state index contributed by atoms with van der Waals surface area (Å²) in [4.78, 5) is 22.6. The number of benzene rings is 1. The zero-order valence-corrected chi connectivity index (χ0v) is 17.2. The van der Waals surface area contributed by atoms with Gasteiger partial charge in [0.25, 0.3) is 5.91 Å². The Hall–Kier alpha value is -2.08. The molecule has 6 heteroatoms. The topological polar surface area (TPSA) is 57.2 Å². The SMILES string of the molecule is O=C(COc1ccccc1)N1CCC2(CC1)C(=NC1CCCC1)NC1CCN2C1. The zero-order chi connectivity index (χ0) is 19.7.